The molecule has 0 N–H and O–H groups in total. The van der Waals surface area contributed by atoms with E-state index in [1.807, 2.05) is 19.3 Å². The van der Waals surface area contributed by atoms with Gasteiger partial charge in [-0.1, -0.05) is 38.5 Å². The van der Waals surface area contributed by atoms with Crippen molar-refractivity contribution in [3.63, 3.8) is 0 Å². The van der Waals surface area contributed by atoms with Gasteiger partial charge in [-0.05, 0) is 74.5 Å². The van der Waals surface area contributed by atoms with E-state index in [1.165, 1.54) is 11.6 Å². The smallest absolute Gasteiger partial charge is 0.200 e. The monoisotopic (exact) mass is 428 g/mol. The van der Waals surface area contributed by atoms with E-state index in [1.54, 1.807) is 6.07 Å². The number of aryl methyl sites for hydroxylation is 2. The summed E-state index contributed by atoms with van der Waals surface area (Å²) in [6.07, 6.45) is 16.8. The molecule has 1 aromatic heterocycles. The van der Waals surface area contributed by atoms with Crippen molar-refractivity contribution in [2.75, 3.05) is 6.61 Å². The van der Waals surface area contributed by atoms with E-state index in [2.05, 4.69) is 29.0 Å². The van der Waals surface area contributed by atoms with Gasteiger partial charge in [-0.25, -0.2) is 14.4 Å². The van der Waals surface area contributed by atoms with Crippen LogP contribution in [0.5, 0.6) is 5.75 Å². The van der Waals surface area contributed by atoms with Gasteiger partial charge >= 0.3 is 0 Å². The molecule has 1 saturated carbocycles. The molecule has 1 aliphatic rings. The van der Waals surface area contributed by atoms with Crippen molar-refractivity contribution >= 4 is 0 Å². The highest BCUT2D eigenvalue weighted by atomic mass is 19.2. The van der Waals surface area contributed by atoms with Gasteiger partial charge in [0.2, 0.25) is 5.82 Å². The number of ether oxygens (including phenoxy) is 1. The molecule has 1 heterocycles. The van der Waals surface area contributed by atoms with Crippen molar-refractivity contribution in [1.82, 2.24) is 9.97 Å². The third kappa shape index (κ3) is 6.59. The van der Waals surface area contributed by atoms with Gasteiger partial charge < -0.3 is 4.74 Å². The van der Waals surface area contributed by atoms with Gasteiger partial charge in [0.1, 0.15) is 5.82 Å². The number of nitrogens with zero attached hydrogens (tertiary/aromatic N) is 2. The molecule has 1 aromatic carbocycles. The molecule has 0 spiro atoms. The lowest BCUT2D eigenvalue weighted by atomic mass is 9.81. The molecule has 3 rings (SSSR count). The van der Waals surface area contributed by atoms with Crippen LogP contribution < -0.4 is 4.74 Å². The minimum Gasteiger partial charge on any atom is -0.490 e. The number of rotatable bonds is 10. The molecule has 168 valence electrons. The summed E-state index contributed by atoms with van der Waals surface area (Å²) in [5.41, 5.74) is 1.61. The third-order valence-electron chi connectivity index (χ3n) is 5.98. The molecule has 0 amide bonds. The molecule has 0 atom stereocenters. The first-order chi connectivity index (χ1) is 15.1. The molecular weight excluding hydrogens is 394 g/mol. The Morgan fingerprint density at radius 2 is 1.71 bits per heavy atom. The summed E-state index contributed by atoms with van der Waals surface area (Å²) in [6, 6.07) is 3.17. The van der Waals surface area contributed by atoms with Crippen LogP contribution in [-0.2, 0) is 12.8 Å². The van der Waals surface area contributed by atoms with Gasteiger partial charge in [0.15, 0.2) is 11.6 Å². The topological polar surface area (TPSA) is 35.0 Å². The van der Waals surface area contributed by atoms with Gasteiger partial charge in [0.05, 0.1) is 6.61 Å². The van der Waals surface area contributed by atoms with Crippen molar-refractivity contribution in [2.24, 2.45) is 5.92 Å². The van der Waals surface area contributed by atoms with E-state index in [0.29, 0.717) is 36.8 Å². The molecule has 3 nitrogen and oxygen atoms in total. The van der Waals surface area contributed by atoms with E-state index in [0.717, 1.165) is 50.8 Å². The Morgan fingerprint density at radius 3 is 2.39 bits per heavy atom. The van der Waals surface area contributed by atoms with Crippen LogP contribution in [0.4, 0.5) is 8.78 Å². The van der Waals surface area contributed by atoms with E-state index in [4.69, 9.17) is 4.74 Å². The Hall–Kier alpha value is -2.30. The summed E-state index contributed by atoms with van der Waals surface area (Å²) in [6.45, 7) is 4.48. The summed E-state index contributed by atoms with van der Waals surface area (Å²) >= 11 is 0. The van der Waals surface area contributed by atoms with E-state index in [-0.39, 0.29) is 5.75 Å². The number of halogens is 2. The lowest BCUT2D eigenvalue weighted by molar-refractivity contribution is 0.294. The molecule has 0 radical (unpaired) electrons. The minimum absolute atomic E-state index is 0.000569. The second kappa shape index (κ2) is 11.9. The Labute approximate surface area is 185 Å². The maximum atomic E-state index is 14.3. The van der Waals surface area contributed by atoms with Crippen LogP contribution in [0, 0.1) is 17.6 Å². The van der Waals surface area contributed by atoms with Gasteiger partial charge in [-0.3, -0.25) is 0 Å². The Balaban J connectivity index is 1.44. The number of allylic oxidation sites excluding steroid dienone is 2. The Morgan fingerprint density at radius 1 is 0.968 bits per heavy atom. The summed E-state index contributed by atoms with van der Waals surface area (Å²) in [5.74, 6) is 0.309. The predicted molar refractivity (Wildman–Crippen MR) is 120 cm³/mol. The molecular formula is C26H34F2N2O. The maximum Gasteiger partial charge on any atom is 0.200 e. The van der Waals surface area contributed by atoms with Gasteiger partial charge in [0, 0.05) is 18.3 Å². The van der Waals surface area contributed by atoms with Crippen LogP contribution in [0.15, 0.2) is 36.7 Å². The lowest BCUT2D eigenvalue weighted by Crippen LogP contribution is -2.14. The normalized spacial score (nSPS) is 19.1. The van der Waals surface area contributed by atoms with Crippen LogP contribution in [0.25, 0.3) is 0 Å². The van der Waals surface area contributed by atoms with Gasteiger partial charge in [0.25, 0.3) is 0 Å². The zero-order chi connectivity index (χ0) is 22.1. The Bertz CT molecular complexity index is 843. The number of hydrogen-bond acceptors (Lipinski definition) is 3. The van der Waals surface area contributed by atoms with Crippen LogP contribution in [-0.4, -0.2) is 16.6 Å². The second-order valence-electron chi connectivity index (χ2n) is 8.48. The fourth-order valence-corrected chi connectivity index (χ4v) is 4.18. The van der Waals surface area contributed by atoms with Gasteiger partial charge in [-0.2, -0.15) is 4.39 Å². The van der Waals surface area contributed by atoms with E-state index in [9.17, 15) is 8.78 Å². The quantitative estimate of drug-likeness (QED) is 0.384. The average Bonchev–Trinajstić information content (AvgIpc) is 2.80. The minimum atomic E-state index is -0.877. The highest BCUT2D eigenvalue weighted by Crippen LogP contribution is 2.35. The lowest BCUT2D eigenvalue weighted by Gasteiger charge is -2.25. The highest BCUT2D eigenvalue weighted by Gasteiger charge is 2.22. The van der Waals surface area contributed by atoms with Crippen LogP contribution in [0.1, 0.15) is 81.7 Å². The number of aromatic nitrogens is 2. The molecule has 2 aromatic rings. The molecule has 1 aliphatic carbocycles. The third-order valence-corrected chi connectivity index (χ3v) is 5.98. The first-order valence-electron chi connectivity index (χ1n) is 11.7. The van der Waals surface area contributed by atoms with E-state index < -0.39 is 11.6 Å². The zero-order valence-corrected chi connectivity index (χ0v) is 18.7. The number of hydrogen-bond donors (Lipinski definition) is 0. The first-order valence-corrected chi connectivity index (χ1v) is 11.7. The number of benzene rings is 1. The summed E-state index contributed by atoms with van der Waals surface area (Å²) in [5, 5.41) is 0. The average molecular weight is 429 g/mol. The van der Waals surface area contributed by atoms with Crippen molar-refractivity contribution in [2.45, 2.75) is 77.6 Å². The fourth-order valence-electron chi connectivity index (χ4n) is 4.18. The summed E-state index contributed by atoms with van der Waals surface area (Å²) in [7, 11) is 0. The molecule has 1 fully saturated rings. The predicted octanol–water partition coefficient (Wildman–Crippen LogP) is 6.96. The van der Waals surface area contributed by atoms with E-state index >= 15 is 0 Å². The second-order valence-corrected chi connectivity index (χ2v) is 8.48. The molecule has 0 aliphatic heterocycles. The molecule has 0 bridgehead atoms. The summed E-state index contributed by atoms with van der Waals surface area (Å²) < 4.78 is 33.6. The highest BCUT2D eigenvalue weighted by molar-refractivity contribution is 5.31. The van der Waals surface area contributed by atoms with Crippen molar-refractivity contribution in [3.05, 3.63) is 65.3 Å². The summed E-state index contributed by atoms with van der Waals surface area (Å²) in [4.78, 5) is 9.18. The SMILES string of the molecule is CCCOc1ccc(CC/C=C/C2CCC(c3ncc(CCC)cn3)CC2)c(F)c1F. The van der Waals surface area contributed by atoms with Gasteiger partial charge in [-0.15, -0.1) is 0 Å². The molecule has 0 unspecified atom stereocenters. The maximum absolute atomic E-state index is 14.3. The first kappa shape index (κ1) is 23.4. The standard InChI is InChI=1S/C26H34F2N2O/c1-3-7-20-17-29-26(30-18-20)22-12-10-19(11-13-22)8-5-6-9-21-14-15-23(31-16-4-2)25(28)24(21)27/h5,8,14-15,17-19,22H,3-4,6-7,9-13,16H2,1-2H3/b8-5+. The molecule has 31 heavy (non-hydrogen) atoms. The van der Waals surface area contributed by atoms with Crippen molar-refractivity contribution in [3.8, 4) is 5.75 Å². The fraction of sp³-hybridized carbons (Fsp3) is 0.538. The van der Waals surface area contributed by atoms with Crippen molar-refractivity contribution < 1.29 is 13.5 Å². The molecule has 0 saturated heterocycles. The van der Waals surface area contributed by atoms with Crippen LogP contribution >= 0.6 is 0 Å². The zero-order valence-electron chi connectivity index (χ0n) is 18.7. The largest absolute Gasteiger partial charge is 0.490 e. The van der Waals surface area contributed by atoms with Crippen molar-refractivity contribution in [1.29, 1.82) is 0 Å². The van der Waals surface area contributed by atoms with Crippen LogP contribution in [0.2, 0.25) is 0 Å². The molecule has 5 heteroatoms. The Kier molecular flexibility index (Phi) is 8.98. The van der Waals surface area contributed by atoms with Crippen LogP contribution in [0.3, 0.4) is 0 Å².